The van der Waals surface area contributed by atoms with Crippen molar-refractivity contribution in [3.63, 3.8) is 0 Å². The Morgan fingerprint density at radius 2 is 1.95 bits per heavy atom. The summed E-state index contributed by atoms with van der Waals surface area (Å²) in [5.41, 5.74) is 6.87. The van der Waals surface area contributed by atoms with Crippen molar-refractivity contribution in [3.05, 3.63) is 35.6 Å². The van der Waals surface area contributed by atoms with Crippen LogP contribution in [0.25, 0.3) is 0 Å². The van der Waals surface area contributed by atoms with Gasteiger partial charge in [0.15, 0.2) is 0 Å². The number of nitrogens with one attached hydrogen (secondary N) is 1. The quantitative estimate of drug-likeness (QED) is 0.768. The second-order valence-electron chi connectivity index (χ2n) is 5.84. The minimum atomic E-state index is -0.272. The van der Waals surface area contributed by atoms with Crippen LogP contribution in [0.4, 0.5) is 4.39 Å². The van der Waals surface area contributed by atoms with Crippen molar-refractivity contribution in [1.82, 2.24) is 10.2 Å². The Balaban J connectivity index is 2.25. The average molecular weight is 295 g/mol. The lowest BCUT2D eigenvalue weighted by molar-refractivity contribution is -0.122. The molecule has 0 fully saturated rings. The summed E-state index contributed by atoms with van der Waals surface area (Å²) in [6.07, 6.45) is 0.874. The van der Waals surface area contributed by atoms with E-state index in [1.54, 1.807) is 12.1 Å². The van der Waals surface area contributed by atoms with Crippen LogP contribution < -0.4 is 11.1 Å². The summed E-state index contributed by atoms with van der Waals surface area (Å²) in [6, 6.07) is 6.28. The molecule has 1 aromatic rings. The number of benzene rings is 1. The molecule has 0 aliphatic rings. The number of likely N-dealkylation sites (N-methyl/N-ethyl adjacent to an activating group) is 1. The molecule has 1 amide bonds. The van der Waals surface area contributed by atoms with Gasteiger partial charge in [0.2, 0.25) is 5.91 Å². The number of nitrogens with zero attached hydrogens (tertiary/aromatic N) is 1. The molecule has 21 heavy (non-hydrogen) atoms. The number of rotatable bonds is 8. The van der Waals surface area contributed by atoms with E-state index in [1.807, 2.05) is 11.9 Å². The molecule has 0 heterocycles. The summed E-state index contributed by atoms with van der Waals surface area (Å²) in [4.78, 5) is 13.8. The molecule has 0 aliphatic carbocycles. The Hall–Kier alpha value is -1.46. The number of carbonyl (C=O) groups is 1. The molecule has 0 spiro atoms. The van der Waals surface area contributed by atoms with Crippen molar-refractivity contribution < 1.29 is 9.18 Å². The zero-order chi connectivity index (χ0) is 15.8. The lowest BCUT2D eigenvalue weighted by atomic mass is 10.0. The van der Waals surface area contributed by atoms with Crippen LogP contribution >= 0.6 is 0 Å². The minimum Gasteiger partial charge on any atom is -0.351 e. The second-order valence-corrected chi connectivity index (χ2v) is 5.84. The summed E-state index contributed by atoms with van der Waals surface area (Å²) < 4.78 is 12.8. The summed E-state index contributed by atoms with van der Waals surface area (Å²) in [5, 5.41) is 2.83. The van der Waals surface area contributed by atoms with Gasteiger partial charge in [-0.15, -0.1) is 0 Å². The first-order chi connectivity index (χ1) is 9.88. The Bertz CT molecular complexity index is 434. The Labute approximate surface area is 126 Å². The highest BCUT2D eigenvalue weighted by Crippen LogP contribution is 2.04. The molecule has 5 heteroatoms. The predicted octanol–water partition coefficient (Wildman–Crippen LogP) is 1.75. The third-order valence-electron chi connectivity index (χ3n) is 3.52. The van der Waals surface area contributed by atoms with Gasteiger partial charge < -0.3 is 11.1 Å². The first-order valence-corrected chi connectivity index (χ1v) is 7.33. The first-order valence-electron chi connectivity index (χ1n) is 7.33. The number of carbonyl (C=O) groups excluding carboxylic acids is 1. The molecule has 1 unspecified atom stereocenters. The second kappa shape index (κ2) is 8.74. The van der Waals surface area contributed by atoms with Crippen LogP contribution in [-0.2, 0) is 11.3 Å². The molecule has 1 rings (SSSR count). The van der Waals surface area contributed by atoms with E-state index in [9.17, 15) is 9.18 Å². The summed E-state index contributed by atoms with van der Waals surface area (Å²) in [7, 11) is 1.91. The van der Waals surface area contributed by atoms with Crippen LogP contribution in [0.1, 0.15) is 25.8 Å². The number of hydrogen-bond donors (Lipinski definition) is 2. The van der Waals surface area contributed by atoms with Gasteiger partial charge in [-0.25, -0.2) is 4.39 Å². The molecule has 3 N–H and O–H groups in total. The fourth-order valence-corrected chi connectivity index (χ4v) is 1.89. The first kappa shape index (κ1) is 17.6. The Kier molecular flexibility index (Phi) is 7.32. The van der Waals surface area contributed by atoms with Gasteiger partial charge in [0.1, 0.15) is 5.82 Å². The zero-order valence-electron chi connectivity index (χ0n) is 13.1. The maximum atomic E-state index is 12.8. The van der Waals surface area contributed by atoms with Crippen LogP contribution in [0.5, 0.6) is 0 Å². The van der Waals surface area contributed by atoms with Gasteiger partial charge in [-0.1, -0.05) is 26.0 Å². The Morgan fingerprint density at radius 3 is 2.52 bits per heavy atom. The van der Waals surface area contributed by atoms with Gasteiger partial charge in [-0.3, -0.25) is 9.69 Å². The molecule has 0 aromatic heterocycles. The fourth-order valence-electron chi connectivity index (χ4n) is 1.89. The van der Waals surface area contributed by atoms with Crippen LogP contribution in [0, 0.1) is 11.7 Å². The third kappa shape index (κ3) is 7.20. The number of nitrogens with two attached hydrogens (primary N) is 1. The standard InChI is InChI=1S/C16H26FN3O/c1-12(2)15(18)8-9-20(3)11-16(21)19-10-13-4-6-14(17)7-5-13/h4-7,12,15H,8-11,18H2,1-3H3,(H,19,21). The molecule has 0 bridgehead atoms. The van der Waals surface area contributed by atoms with Crippen molar-refractivity contribution in [3.8, 4) is 0 Å². The largest absolute Gasteiger partial charge is 0.351 e. The van der Waals surface area contributed by atoms with Crippen LogP contribution in [-0.4, -0.2) is 37.0 Å². The lowest BCUT2D eigenvalue weighted by Crippen LogP contribution is -2.37. The number of amides is 1. The maximum Gasteiger partial charge on any atom is 0.234 e. The van der Waals surface area contributed by atoms with Gasteiger partial charge in [0, 0.05) is 12.6 Å². The van der Waals surface area contributed by atoms with Crippen LogP contribution in [0.15, 0.2) is 24.3 Å². The van der Waals surface area contributed by atoms with E-state index in [0.29, 0.717) is 19.0 Å². The third-order valence-corrected chi connectivity index (χ3v) is 3.52. The van der Waals surface area contributed by atoms with E-state index < -0.39 is 0 Å². The average Bonchev–Trinajstić information content (AvgIpc) is 2.44. The zero-order valence-corrected chi connectivity index (χ0v) is 13.1. The van der Waals surface area contributed by atoms with Gasteiger partial charge in [-0.2, -0.15) is 0 Å². The van der Waals surface area contributed by atoms with E-state index in [4.69, 9.17) is 5.73 Å². The summed E-state index contributed by atoms with van der Waals surface area (Å²) in [5.74, 6) is 0.136. The molecule has 0 radical (unpaired) electrons. The normalized spacial score (nSPS) is 12.7. The van der Waals surface area contributed by atoms with E-state index >= 15 is 0 Å². The smallest absolute Gasteiger partial charge is 0.234 e. The highest BCUT2D eigenvalue weighted by atomic mass is 19.1. The molecule has 0 aliphatic heterocycles. The van der Waals surface area contributed by atoms with Crippen molar-refractivity contribution in [2.75, 3.05) is 20.1 Å². The highest BCUT2D eigenvalue weighted by molar-refractivity contribution is 5.77. The molecule has 4 nitrogen and oxygen atoms in total. The van der Waals surface area contributed by atoms with Crippen LogP contribution in [0.3, 0.4) is 0 Å². The van der Waals surface area contributed by atoms with Gasteiger partial charge in [0.05, 0.1) is 6.54 Å². The SMILES string of the molecule is CC(C)C(N)CCN(C)CC(=O)NCc1ccc(F)cc1. The molecule has 1 atom stereocenters. The molecule has 0 saturated carbocycles. The number of halogens is 1. The van der Waals surface area contributed by atoms with Crippen molar-refractivity contribution in [2.24, 2.45) is 11.7 Å². The lowest BCUT2D eigenvalue weighted by Gasteiger charge is -2.20. The van der Waals surface area contributed by atoms with Gasteiger partial charge >= 0.3 is 0 Å². The van der Waals surface area contributed by atoms with Crippen molar-refractivity contribution in [1.29, 1.82) is 0 Å². The predicted molar refractivity (Wildman–Crippen MR) is 83.2 cm³/mol. The van der Waals surface area contributed by atoms with E-state index in [2.05, 4.69) is 19.2 Å². The molecular weight excluding hydrogens is 269 g/mol. The minimum absolute atomic E-state index is 0.0417. The van der Waals surface area contributed by atoms with E-state index in [-0.39, 0.29) is 17.8 Å². The van der Waals surface area contributed by atoms with E-state index in [1.165, 1.54) is 12.1 Å². The van der Waals surface area contributed by atoms with Crippen molar-refractivity contribution in [2.45, 2.75) is 32.9 Å². The van der Waals surface area contributed by atoms with Crippen molar-refractivity contribution >= 4 is 5.91 Å². The van der Waals surface area contributed by atoms with Crippen LogP contribution in [0.2, 0.25) is 0 Å². The summed E-state index contributed by atoms with van der Waals surface area (Å²) in [6.45, 7) is 5.74. The van der Waals surface area contributed by atoms with Gasteiger partial charge in [-0.05, 0) is 43.6 Å². The fraction of sp³-hybridized carbons (Fsp3) is 0.562. The summed E-state index contributed by atoms with van der Waals surface area (Å²) >= 11 is 0. The highest BCUT2D eigenvalue weighted by Gasteiger charge is 2.11. The number of hydrogen-bond acceptors (Lipinski definition) is 3. The maximum absolute atomic E-state index is 12.8. The van der Waals surface area contributed by atoms with Gasteiger partial charge in [0.25, 0.3) is 0 Å². The Morgan fingerprint density at radius 1 is 1.33 bits per heavy atom. The molecule has 0 saturated heterocycles. The van der Waals surface area contributed by atoms with E-state index in [0.717, 1.165) is 18.5 Å². The molecular formula is C16H26FN3O. The molecule has 1 aromatic carbocycles. The molecule has 118 valence electrons. The topological polar surface area (TPSA) is 58.4 Å². The monoisotopic (exact) mass is 295 g/mol.